The molecule has 0 aliphatic carbocycles. The summed E-state index contributed by atoms with van der Waals surface area (Å²) in [5.41, 5.74) is 3.71. The topological polar surface area (TPSA) is 135 Å². The van der Waals surface area contributed by atoms with E-state index in [0.29, 0.717) is 56.1 Å². The summed E-state index contributed by atoms with van der Waals surface area (Å²) in [6.45, 7) is 8.73. The van der Waals surface area contributed by atoms with Gasteiger partial charge in [0.2, 0.25) is 12.0 Å². The number of aliphatic hydroxyl groups is 1. The van der Waals surface area contributed by atoms with E-state index >= 15 is 0 Å². The third-order valence-electron chi connectivity index (χ3n) is 11.9. The summed E-state index contributed by atoms with van der Waals surface area (Å²) in [4.78, 5) is 33.6. The molecule has 1 N–H and O–H groups in total. The van der Waals surface area contributed by atoms with Crippen LogP contribution in [0.15, 0.2) is 150 Å². The molecular weight excluding hydrogens is 988 g/mol. The van der Waals surface area contributed by atoms with Gasteiger partial charge in [-0.05, 0) is 104 Å². The van der Waals surface area contributed by atoms with Crippen LogP contribution in [0, 0.1) is 5.82 Å². The standard InChI is InChI=1S/C55H54BrFN4O7SSi/c1-6-65-54(63)47(68-52-48-49(56)50(69-53(48)60-35-59-52)37-23-25-39(57)26-24-37)32-38-31-36(22-28-45(38)66-33-40-29-30-58-51(61-40)44-19-13-14-20-46(44)64-5)21-27-41(62)34-67-70(55(2,3)4,42-15-9-7-10-16-42)43-17-11-8-12-18-43/h7-20,22-26,28-31,35,41,47,62H,6,21,27,32-34H2,1-5H3/t41-,47-/m1/s1. The molecule has 70 heavy (non-hydrogen) atoms. The number of fused-ring (bicyclic) bond motifs is 1. The highest BCUT2D eigenvalue weighted by atomic mass is 79.9. The average Bonchev–Trinajstić information content (AvgIpc) is 3.72. The van der Waals surface area contributed by atoms with Crippen molar-refractivity contribution in [3.05, 3.63) is 173 Å². The van der Waals surface area contributed by atoms with Crippen molar-refractivity contribution in [2.45, 2.75) is 70.8 Å². The Hall–Kier alpha value is -6.36. The zero-order chi connectivity index (χ0) is 49.3. The second kappa shape index (κ2) is 22.6. The quantitative estimate of drug-likeness (QED) is 0.0577. The number of benzene rings is 5. The summed E-state index contributed by atoms with van der Waals surface area (Å²) >= 11 is 5.12. The van der Waals surface area contributed by atoms with Gasteiger partial charge in [-0.15, -0.1) is 11.3 Å². The lowest BCUT2D eigenvalue weighted by atomic mass is 10.00. The van der Waals surface area contributed by atoms with E-state index in [1.165, 1.54) is 29.8 Å². The summed E-state index contributed by atoms with van der Waals surface area (Å²) in [6, 6.07) is 42.0. The maximum absolute atomic E-state index is 13.9. The van der Waals surface area contributed by atoms with Crippen LogP contribution in [-0.4, -0.2) is 71.9 Å². The van der Waals surface area contributed by atoms with Gasteiger partial charge in [0.05, 0.1) is 52.4 Å². The molecule has 15 heteroatoms. The predicted molar refractivity (Wildman–Crippen MR) is 278 cm³/mol. The highest BCUT2D eigenvalue weighted by Crippen LogP contribution is 2.45. The minimum absolute atomic E-state index is 0.0375. The van der Waals surface area contributed by atoms with E-state index in [4.69, 9.17) is 28.4 Å². The Morgan fingerprint density at radius 3 is 2.24 bits per heavy atom. The number of halogens is 2. The first-order valence-corrected chi connectivity index (χ1v) is 26.6. The molecule has 8 aromatic rings. The lowest BCUT2D eigenvalue weighted by Crippen LogP contribution is -2.67. The van der Waals surface area contributed by atoms with Crippen molar-refractivity contribution in [3.63, 3.8) is 0 Å². The number of esters is 1. The van der Waals surface area contributed by atoms with E-state index in [1.54, 1.807) is 38.4 Å². The molecule has 0 radical (unpaired) electrons. The number of thiophene rings is 1. The van der Waals surface area contributed by atoms with Crippen LogP contribution in [0.3, 0.4) is 0 Å². The second-order valence-electron chi connectivity index (χ2n) is 17.6. The fraction of sp³-hybridized carbons (Fsp3) is 0.255. The van der Waals surface area contributed by atoms with Crippen LogP contribution in [0.2, 0.25) is 5.04 Å². The van der Waals surface area contributed by atoms with Crippen LogP contribution < -0.4 is 24.6 Å². The van der Waals surface area contributed by atoms with Crippen LogP contribution in [0.1, 0.15) is 50.9 Å². The van der Waals surface area contributed by atoms with Gasteiger partial charge in [-0.2, -0.15) is 0 Å². The Balaban J connectivity index is 1.08. The van der Waals surface area contributed by atoms with Gasteiger partial charge in [0.25, 0.3) is 8.32 Å². The van der Waals surface area contributed by atoms with Crippen molar-refractivity contribution in [2.24, 2.45) is 0 Å². The third-order valence-corrected chi connectivity index (χ3v) is 19.2. The monoisotopic (exact) mass is 1040 g/mol. The van der Waals surface area contributed by atoms with Gasteiger partial charge in [-0.3, -0.25) is 0 Å². The Morgan fingerprint density at radius 1 is 0.857 bits per heavy atom. The lowest BCUT2D eigenvalue weighted by molar-refractivity contribution is -0.151. The zero-order valence-electron chi connectivity index (χ0n) is 39.6. The number of carbonyl (C=O) groups is 1. The Morgan fingerprint density at radius 2 is 1.56 bits per heavy atom. The molecule has 0 saturated heterocycles. The van der Waals surface area contributed by atoms with Gasteiger partial charge in [0.15, 0.2) is 5.82 Å². The fourth-order valence-corrected chi connectivity index (χ4v) is 15.2. The normalized spacial score (nSPS) is 12.6. The first kappa shape index (κ1) is 50.0. The summed E-state index contributed by atoms with van der Waals surface area (Å²) in [5, 5.41) is 14.3. The number of nitrogens with zero attached hydrogens (tertiary/aromatic N) is 4. The highest BCUT2D eigenvalue weighted by Gasteiger charge is 2.50. The van der Waals surface area contributed by atoms with Gasteiger partial charge in [-0.25, -0.2) is 29.1 Å². The summed E-state index contributed by atoms with van der Waals surface area (Å²) in [5.74, 6) is 0.861. The molecule has 0 aliphatic heterocycles. The molecule has 2 atom stereocenters. The summed E-state index contributed by atoms with van der Waals surface area (Å²) < 4.78 is 45.9. The third kappa shape index (κ3) is 11.3. The number of hydrogen-bond donors (Lipinski definition) is 1. The highest BCUT2D eigenvalue weighted by molar-refractivity contribution is 9.10. The first-order valence-electron chi connectivity index (χ1n) is 23.0. The minimum Gasteiger partial charge on any atom is -0.496 e. The van der Waals surface area contributed by atoms with E-state index in [9.17, 15) is 14.3 Å². The van der Waals surface area contributed by atoms with E-state index in [1.807, 2.05) is 78.9 Å². The van der Waals surface area contributed by atoms with E-state index in [0.717, 1.165) is 31.9 Å². The van der Waals surface area contributed by atoms with Crippen LogP contribution in [0.25, 0.3) is 32.0 Å². The minimum atomic E-state index is -2.88. The lowest BCUT2D eigenvalue weighted by Gasteiger charge is -2.43. The zero-order valence-corrected chi connectivity index (χ0v) is 43.0. The molecule has 0 aliphatic rings. The van der Waals surface area contributed by atoms with Gasteiger partial charge in [0.1, 0.15) is 35.1 Å². The van der Waals surface area contributed by atoms with E-state index in [-0.39, 0.29) is 43.0 Å². The van der Waals surface area contributed by atoms with Crippen LogP contribution in [-0.2, 0) is 33.4 Å². The number of ether oxygens (including phenoxy) is 4. The number of rotatable bonds is 20. The van der Waals surface area contributed by atoms with Crippen molar-refractivity contribution in [2.75, 3.05) is 20.3 Å². The van der Waals surface area contributed by atoms with Gasteiger partial charge < -0.3 is 28.5 Å². The fourth-order valence-electron chi connectivity index (χ4n) is 8.57. The summed E-state index contributed by atoms with van der Waals surface area (Å²) in [7, 11) is -1.28. The number of aliphatic hydroxyl groups excluding tert-OH is 1. The van der Waals surface area contributed by atoms with Gasteiger partial charge >= 0.3 is 5.97 Å². The molecule has 0 fully saturated rings. The number of hydrogen-bond acceptors (Lipinski definition) is 12. The van der Waals surface area contributed by atoms with E-state index in [2.05, 4.69) is 75.9 Å². The first-order chi connectivity index (χ1) is 33.9. The molecule has 11 nitrogen and oxygen atoms in total. The molecule has 0 unspecified atom stereocenters. The Labute approximate surface area is 421 Å². The molecule has 5 aromatic carbocycles. The SMILES string of the molecule is CCOC(=O)[C@@H](Cc1cc(CC[C@@H](O)CO[Si](c2ccccc2)(c2ccccc2)C(C)(C)C)ccc1OCc1ccnc(-c2ccccc2OC)n1)Oc1ncnc2sc(-c3ccc(F)cc3)c(Br)c12. The van der Waals surface area contributed by atoms with Gasteiger partial charge in [0, 0.05) is 12.6 Å². The molecule has 8 rings (SSSR count). The number of aryl methyl sites for hydroxylation is 1. The van der Waals surface area contributed by atoms with Crippen LogP contribution in [0.5, 0.6) is 17.4 Å². The van der Waals surface area contributed by atoms with E-state index < -0.39 is 26.5 Å². The van der Waals surface area contributed by atoms with Crippen LogP contribution in [0.4, 0.5) is 4.39 Å². The molecule has 0 spiro atoms. The molecule has 3 heterocycles. The van der Waals surface area contributed by atoms with Crippen LogP contribution >= 0.6 is 27.3 Å². The van der Waals surface area contributed by atoms with Crippen molar-refractivity contribution in [3.8, 4) is 39.2 Å². The Bertz CT molecular complexity index is 2990. The maximum Gasteiger partial charge on any atom is 0.347 e. The van der Waals surface area contributed by atoms with Gasteiger partial charge in [-0.1, -0.05) is 118 Å². The Kier molecular flexibility index (Phi) is 16.1. The maximum atomic E-state index is 13.9. The largest absolute Gasteiger partial charge is 0.496 e. The summed E-state index contributed by atoms with van der Waals surface area (Å²) in [6.07, 6.45) is 2.06. The van der Waals surface area contributed by atoms with Crippen molar-refractivity contribution < 1.29 is 37.7 Å². The predicted octanol–water partition coefficient (Wildman–Crippen LogP) is 10.7. The average molecular weight is 1040 g/mol. The molecule has 360 valence electrons. The molecular formula is C55H54BrFN4O7SSi. The second-order valence-corrected chi connectivity index (χ2v) is 23.7. The molecule has 0 bridgehead atoms. The number of methoxy groups -OCH3 is 1. The number of carbonyl (C=O) groups excluding carboxylic acids is 1. The molecule has 0 amide bonds. The number of aromatic nitrogens is 4. The van der Waals surface area contributed by atoms with Crippen molar-refractivity contribution in [1.29, 1.82) is 0 Å². The van der Waals surface area contributed by atoms with Crippen molar-refractivity contribution >= 4 is 62.1 Å². The number of para-hydroxylation sites is 1. The molecule has 0 saturated carbocycles. The van der Waals surface area contributed by atoms with Crippen molar-refractivity contribution in [1.82, 2.24) is 19.9 Å². The molecule has 3 aromatic heterocycles. The smallest absolute Gasteiger partial charge is 0.347 e.